The lowest BCUT2D eigenvalue weighted by Gasteiger charge is -2.27. The fraction of sp³-hybridized carbons (Fsp3) is 0.636. The highest BCUT2D eigenvalue weighted by Gasteiger charge is 2.23. The highest BCUT2D eigenvalue weighted by molar-refractivity contribution is 4.97. The molecule has 0 aromatic heterocycles. The Morgan fingerprint density at radius 1 is 1.25 bits per heavy atom. The molecule has 1 unspecified atom stereocenters. The Bertz CT molecular complexity index is 166. The van der Waals surface area contributed by atoms with Gasteiger partial charge in [-0.3, -0.25) is 0 Å². The molecule has 0 aliphatic carbocycles. The third-order valence-electron chi connectivity index (χ3n) is 2.06. The van der Waals surface area contributed by atoms with Crippen molar-refractivity contribution in [2.24, 2.45) is 5.41 Å². The van der Waals surface area contributed by atoms with Gasteiger partial charge in [0.2, 0.25) is 0 Å². The Labute approximate surface area is 75.8 Å². The summed E-state index contributed by atoms with van der Waals surface area (Å²) >= 11 is 0. The molecule has 12 heavy (non-hydrogen) atoms. The van der Waals surface area contributed by atoms with Crippen molar-refractivity contribution in [1.82, 2.24) is 0 Å². The van der Waals surface area contributed by atoms with E-state index in [9.17, 15) is 5.11 Å². The van der Waals surface area contributed by atoms with Crippen LogP contribution in [0, 0.1) is 5.41 Å². The van der Waals surface area contributed by atoms with Gasteiger partial charge in [0.15, 0.2) is 0 Å². The van der Waals surface area contributed by atoms with E-state index in [4.69, 9.17) is 0 Å². The van der Waals surface area contributed by atoms with Crippen LogP contribution >= 0.6 is 0 Å². The van der Waals surface area contributed by atoms with Gasteiger partial charge in [0.25, 0.3) is 0 Å². The third-order valence-corrected chi connectivity index (χ3v) is 2.06. The minimum absolute atomic E-state index is 0.0565. The summed E-state index contributed by atoms with van der Waals surface area (Å²) in [5.41, 5.74) is -0.0565. The lowest BCUT2D eigenvalue weighted by molar-refractivity contribution is 0.0928. The Morgan fingerprint density at radius 3 is 2.25 bits per heavy atom. The fourth-order valence-corrected chi connectivity index (χ4v) is 0.985. The molecule has 0 spiro atoms. The summed E-state index contributed by atoms with van der Waals surface area (Å²) in [5.74, 6) is 0. The van der Waals surface area contributed by atoms with Gasteiger partial charge in [-0.05, 0) is 25.7 Å². The molecule has 0 rings (SSSR count). The van der Waals surface area contributed by atoms with Crippen molar-refractivity contribution in [3.8, 4) is 0 Å². The molecule has 0 aromatic carbocycles. The number of hydrogen-bond acceptors (Lipinski definition) is 1. The van der Waals surface area contributed by atoms with Crippen molar-refractivity contribution < 1.29 is 5.11 Å². The molecule has 0 aliphatic rings. The van der Waals surface area contributed by atoms with Gasteiger partial charge in [-0.25, -0.2) is 0 Å². The Morgan fingerprint density at radius 2 is 1.83 bits per heavy atom. The van der Waals surface area contributed by atoms with Gasteiger partial charge in [0.05, 0.1) is 6.10 Å². The van der Waals surface area contributed by atoms with E-state index in [1.54, 1.807) is 0 Å². The molecule has 1 atom stereocenters. The average Bonchev–Trinajstić information content (AvgIpc) is 2.01. The molecule has 1 N–H and O–H groups in total. The lowest BCUT2D eigenvalue weighted by Crippen LogP contribution is -2.26. The molecule has 1 nitrogen and oxygen atoms in total. The minimum Gasteiger partial charge on any atom is -0.388 e. The molecular formula is C11H20O. The second-order valence-electron chi connectivity index (χ2n) is 3.73. The van der Waals surface area contributed by atoms with E-state index in [1.807, 2.05) is 32.1 Å². The third kappa shape index (κ3) is 3.72. The van der Waals surface area contributed by atoms with E-state index in [2.05, 4.69) is 19.9 Å². The van der Waals surface area contributed by atoms with Crippen LogP contribution in [0.4, 0.5) is 0 Å². The molecule has 0 aromatic rings. The van der Waals surface area contributed by atoms with Gasteiger partial charge in [0, 0.05) is 0 Å². The van der Waals surface area contributed by atoms with E-state index in [1.165, 1.54) is 0 Å². The van der Waals surface area contributed by atoms with E-state index >= 15 is 0 Å². The van der Waals surface area contributed by atoms with Crippen LogP contribution in [0.15, 0.2) is 24.3 Å². The molecule has 0 saturated heterocycles. The van der Waals surface area contributed by atoms with Crippen LogP contribution in [0.5, 0.6) is 0 Å². The normalized spacial score (nSPS) is 16.1. The first kappa shape index (κ1) is 11.4. The molecule has 0 radical (unpaired) electrons. The summed E-state index contributed by atoms with van der Waals surface area (Å²) < 4.78 is 0. The average molecular weight is 168 g/mol. The van der Waals surface area contributed by atoms with Crippen LogP contribution in [-0.2, 0) is 0 Å². The Kier molecular flexibility index (Phi) is 4.91. The summed E-state index contributed by atoms with van der Waals surface area (Å²) in [4.78, 5) is 0. The molecule has 0 fully saturated rings. The topological polar surface area (TPSA) is 20.2 Å². The van der Waals surface area contributed by atoms with Crippen molar-refractivity contribution in [3.05, 3.63) is 24.3 Å². The number of allylic oxidation sites excluding steroid dienone is 3. The molecule has 0 amide bonds. The maximum Gasteiger partial charge on any atom is 0.0774 e. The Balaban J connectivity index is 4.17. The van der Waals surface area contributed by atoms with Gasteiger partial charge in [-0.2, -0.15) is 0 Å². The first-order valence-electron chi connectivity index (χ1n) is 4.46. The van der Waals surface area contributed by atoms with Crippen LogP contribution < -0.4 is 0 Å². The first-order valence-corrected chi connectivity index (χ1v) is 4.46. The van der Waals surface area contributed by atoms with Crippen LogP contribution in [0.1, 0.15) is 34.1 Å². The summed E-state index contributed by atoms with van der Waals surface area (Å²) in [5, 5.41) is 9.68. The number of rotatable bonds is 4. The molecular weight excluding hydrogens is 148 g/mol. The van der Waals surface area contributed by atoms with E-state index in [0.29, 0.717) is 0 Å². The zero-order chi connectivity index (χ0) is 9.61. The van der Waals surface area contributed by atoms with Crippen LogP contribution in [0.25, 0.3) is 0 Å². The summed E-state index contributed by atoms with van der Waals surface area (Å²) in [7, 11) is 0. The van der Waals surface area contributed by atoms with Gasteiger partial charge in [0.1, 0.15) is 0 Å². The van der Waals surface area contributed by atoms with Crippen molar-refractivity contribution in [3.63, 3.8) is 0 Å². The predicted molar refractivity (Wildman–Crippen MR) is 54.0 cm³/mol. The molecule has 0 aliphatic heterocycles. The maximum absolute atomic E-state index is 9.68. The van der Waals surface area contributed by atoms with E-state index < -0.39 is 0 Å². The molecule has 0 heterocycles. The number of hydrogen-bond donors (Lipinski definition) is 1. The number of aliphatic hydroxyl groups excluding tert-OH is 1. The minimum atomic E-state index is -0.348. The summed E-state index contributed by atoms with van der Waals surface area (Å²) in [6.07, 6.45) is 8.40. The fourth-order valence-electron chi connectivity index (χ4n) is 0.985. The molecule has 1 heteroatoms. The van der Waals surface area contributed by atoms with Crippen LogP contribution in [0.3, 0.4) is 0 Å². The molecule has 0 saturated carbocycles. The first-order chi connectivity index (χ1) is 5.54. The van der Waals surface area contributed by atoms with E-state index in [0.717, 1.165) is 6.42 Å². The highest BCUT2D eigenvalue weighted by Crippen LogP contribution is 2.26. The number of aliphatic hydroxyl groups is 1. The van der Waals surface area contributed by atoms with Crippen LogP contribution in [0.2, 0.25) is 0 Å². The zero-order valence-corrected chi connectivity index (χ0v) is 8.54. The quantitative estimate of drug-likeness (QED) is 0.640. The highest BCUT2D eigenvalue weighted by atomic mass is 16.3. The SMILES string of the molecule is C/C=C/CC(C)(C)C(O)/C=C/C. The van der Waals surface area contributed by atoms with Crippen LogP contribution in [-0.4, -0.2) is 11.2 Å². The van der Waals surface area contributed by atoms with Gasteiger partial charge < -0.3 is 5.11 Å². The maximum atomic E-state index is 9.68. The van der Waals surface area contributed by atoms with Crippen molar-refractivity contribution in [2.75, 3.05) is 0 Å². The zero-order valence-electron chi connectivity index (χ0n) is 8.54. The van der Waals surface area contributed by atoms with Crippen molar-refractivity contribution >= 4 is 0 Å². The second kappa shape index (κ2) is 5.15. The van der Waals surface area contributed by atoms with Crippen molar-refractivity contribution in [2.45, 2.75) is 40.2 Å². The monoisotopic (exact) mass is 168 g/mol. The predicted octanol–water partition coefficient (Wildman–Crippen LogP) is 2.92. The largest absolute Gasteiger partial charge is 0.388 e. The smallest absolute Gasteiger partial charge is 0.0774 e. The molecule has 70 valence electrons. The second-order valence-corrected chi connectivity index (χ2v) is 3.73. The van der Waals surface area contributed by atoms with Gasteiger partial charge >= 0.3 is 0 Å². The van der Waals surface area contributed by atoms with Crippen molar-refractivity contribution in [1.29, 1.82) is 0 Å². The Hall–Kier alpha value is -0.560. The summed E-state index contributed by atoms with van der Waals surface area (Å²) in [6, 6.07) is 0. The summed E-state index contributed by atoms with van der Waals surface area (Å²) in [6.45, 7) is 8.06. The van der Waals surface area contributed by atoms with E-state index in [-0.39, 0.29) is 11.5 Å². The standard InChI is InChI=1S/C11H20O/c1-5-7-9-11(3,4)10(12)8-6-2/h5-8,10,12H,9H2,1-4H3/b7-5+,8-6+. The molecule has 0 bridgehead atoms. The van der Waals surface area contributed by atoms with Gasteiger partial charge in [-0.15, -0.1) is 0 Å². The lowest BCUT2D eigenvalue weighted by atomic mass is 9.83. The van der Waals surface area contributed by atoms with Gasteiger partial charge in [-0.1, -0.05) is 38.2 Å².